The molecule has 0 fully saturated rings. The zero-order chi connectivity index (χ0) is 17.6. The number of hydrogen-bond acceptors (Lipinski definition) is 5. The molecular weight excluding hydrogens is 327 g/mol. The zero-order valence-electron chi connectivity index (χ0n) is 14.4. The van der Waals surface area contributed by atoms with Gasteiger partial charge in [-0.1, -0.05) is 30.3 Å². The Kier molecular flexibility index (Phi) is 6.44. The molecule has 24 heavy (non-hydrogen) atoms. The van der Waals surface area contributed by atoms with Crippen molar-refractivity contribution >= 4 is 12.9 Å². The van der Waals surface area contributed by atoms with E-state index in [0.29, 0.717) is 22.4 Å². The molecule has 0 aliphatic carbocycles. The van der Waals surface area contributed by atoms with Gasteiger partial charge < -0.3 is 18.5 Å². The lowest BCUT2D eigenvalue weighted by molar-refractivity contribution is 0.229. The molecule has 0 bridgehead atoms. The van der Waals surface area contributed by atoms with E-state index < -0.39 is 7.60 Å². The molecule has 6 heteroatoms. The van der Waals surface area contributed by atoms with Gasteiger partial charge in [0.2, 0.25) is 0 Å². The summed E-state index contributed by atoms with van der Waals surface area (Å²) < 4.78 is 35.6. The molecule has 2 aromatic rings. The van der Waals surface area contributed by atoms with Gasteiger partial charge in [-0.25, -0.2) is 0 Å². The monoisotopic (exact) mass is 350 g/mol. The van der Waals surface area contributed by atoms with Crippen LogP contribution in [0, 0.1) is 0 Å². The van der Waals surface area contributed by atoms with Crippen molar-refractivity contribution in [3.05, 3.63) is 42.5 Å². The van der Waals surface area contributed by atoms with Crippen molar-refractivity contribution in [1.29, 1.82) is 0 Å². The second-order valence-electron chi connectivity index (χ2n) is 4.89. The summed E-state index contributed by atoms with van der Waals surface area (Å²) in [6, 6.07) is 13.1. The average molecular weight is 350 g/mol. The largest absolute Gasteiger partial charge is 0.496 e. The van der Waals surface area contributed by atoms with E-state index in [2.05, 4.69) is 0 Å². The lowest BCUT2D eigenvalue weighted by Crippen LogP contribution is -2.17. The number of methoxy groups -OCH3 is 2. The number of benzene rings is 2. The highest BCUT2D eigenvalue weighted by Gasteiger charge is 2.35. The van der Waals surface area contributed by atoms with Crippen LogP contribution in [0.25, 0.3) is 11.1 Å². The van der Waals surface area contributed by atoms with Crippen molar-refractivity contribution in [3.63, 3.8) is 0 Å². The van der Waals surface area contributed by atoms with Gasteiger partial charge >= 0.3 is 7.60 Å². The predicted octanol–water partition coefficient (Wildman–Crippen LogP) is 4.26. The minimum absolute atomic E-state index is 0.256. The van der Waals surface area contributed by atoms with Gasteiger partial charge in [-0.2, -0.15) is 0 Å². The minimum atomic E-state index is -3.57. The summed E-state index contributed by atoms with van der Waals surface area (Å²) in [5.74, 6) is 1.02. The van der Waals surface area contributed by atoms with Gasteiger partial charge in [-0.3, -0.25) is 4.57 Å². The first-order valence-electron chi connectivity index (χ1n) is 7.81. The summed E-state index contributed by atoms with van der Waals surface area (Å²) in [7, 11) is -0.470. The average Bonchev–Trinajstić information content (AvgIpc) is 2.61. The molecule has 2 aromatic carbocycles. The summed E-state index contributed by atoms with van der Waals surface area (Å²) in [6.45, 7) is 4.07. The Balaban J connectivity index is 2.83. The van der Waals surface area contributed by atoms with Crippen LogP contribution in [-0.4, -0.2) is 27.4 Å². The molecule has 0 amide bonds. The highest BCUT2D eigenvalue weighted by molar-refractivity contribution is 7.62. The van der Waals surface area contributed by atoms with Crippen molar-refractivity contribution in [1.82, 2.24) is 0 Å². The third-order valence-electron chi connectivity index (χ3n) is 3.48. The van der Waals surface area contributed by atoms with E-state index in [9.17, 15) is 4.57 Å². The highest BCUT2D eigenvalue weighted by atomic mass is 31.2. The molecule has 0 spiro atoms. The van der Waals surface area contributed by atoms with E-state index >= 15 is 0 Å². The molecule has 0 radical (unpaired) electrons. The summed E-state index contributed by atoms with van der Waals surface area (Å²) in [5.41, 5.74) is 1.51. The maximum Gasteiger partial charge on any atom is 0.365 e. The summed E-state index contributed by atoms with van der Waals surface area (Å²) in [5, 5.41) is 0.388. The Morgan fingerprint density at radius 1 is 0.833 bits per heavy atom. The van der Waals surface area contributed by atoms with Crippen LogP contribution in [0.4, 0.5) is 0 Å². The standard InChI is InChI=1S/C18H23O5P/c1-5-22-24(19,23-6-2)18-16(21-4)13-12-15(20-3)17(18)14-10-8-7-9-11-14/h7-13H,5-6H2,1-4H3. The first-order chi connectivity index (χ1) is 11.6. The first kappa shape index (κ1) is 18.5. The van der Waals surface area contributed by atoms with E-state index in [4.69, 9.17) is 18.5 Å². The lowest BCUT2D eigenvalue weighted by atomic mass is 10.0. The maximum atomic E-state index is 13.5. The van der Waals surface area contributed by atoms with Gasteiger partial charge in [0.25, 0.3) is 0 Å². The van der Waals surface area contributed by atoms with Crippen molar-refractivity contribution in [2.45, 2.75) is 13.8 Å². The quantitative estimate of drug-likeness (QED) is 0.666. The van der Waals surface area contributed by atoms with E-state index in [1.54, 1.807) is 33.1 Å². The molecule has 130 valence electrons. The van der Waals surface area contributed by atoms with Crippen molar-refractivity contribution in [2.24, 2.45) is 0 Å². The van der Waals surface area contributed by atoms with Gasteiger partial charge in [0.1, 0.15) is 16.8 Å². The Labute approximate surface area is 143 Å². The van der Waals surface area contributed by atoms with Gasteiger partial charge in [-0.15, -0.1) is 0 Å². The summed E-state index contributed by atoms with van der Waals surface area (Å²) in [6.07, 6.45) is 0. The van der Waals surface area contributed by atoms with Gasteiger partial charge in [0.05, 0.1) is 27.4 Å². The van der Waals surface area contributed by atoms with Crippen LogP contribution in [-0.2, 0) is 13.6 Å². The Morgan fingerprint density at radius 2 is 1.38 bits per heavy atom. The number of rotatable bonds is 8. The first-order valence-corrected chi connectivity index (χ1v) is 9.35. The molecule has 0 aliphatic heterocycles. The van der Waals surface area contributed by atoms with Crippen LogP contribution in [0.3, 0.4) is 0 Å². The molecule has 0 saturated carbocycles. The Bertz CT molecular complexity index is 705. The molecule has 0 aliphatic rings. The topological polar surface area (TPSA) is 54.0 Å². The minimum Gasteiger partial charge on any atom is -0.496 e. The molecule has 0 saturated heterocycles. The van der Waals surface area contributed by atoms with Crippen molar-refractivity contribution in [3.8, 4) is 22.6 Å². The molecule has 5 nitrogen and oxygen atoms in total. The van der Waals surface area contributed by atoms with E-state index in [1.165, 1.54) is 7.11 Å². The molecule has 0 aromatic heterocycles. The van der Waals surface area contributed by atoms with Crippen LogP contribution >= 0.6 is 7.60 Å². The molecule has 0 atom stereocenters. The third-order valence-corrected chi connectivity index (χ3v) is 5.66. The third kappa shape index (κ3) is 3.64. The van der Waals surface area contributed by atoms with Crippen LogP contribution < -0.4 is 14.8 Å². The van der Waals surface area contributed by atoms with E-state index in [-0.39, 0.29) is 13.2 Å². The summed E-state index contributed by atoms with van der Waals surface area (Å²) >= 11 is 0. The van der Waals surface area contributed by atoms with Crippen LogP contribution in [0.5, 0.6) is 11.5 Å². The number of hydrogen-bond donors (Lipinski definition) is 0. The lowest BCUT2D eigenvalue weighted by Gasteiger charge is -2.24. The molecule has 0 unspecified atom stereocenters. The fraction of sp³-hybridized carbons (Fsp3) is 0.333. The van der Waals surface area contributed by atoms with E-state index in [0.717, 1.165) is 5.56 Å². The fourth-order valence-corrected chi connectivity index (χ4v) is 4.51. The van der Waals surface area contributed by atoms with Gasteiger partial charge in [0.15, 0.2) is 0 Å². The van der Waals surface area contributed by atoms with Crippen molar-refractivity contribution < 1.29 is 23.1 Å². The van der Waals surface area contributed by atoms with Gasteiger partial charge in [0, 0.05) is 5.56 Å². The van der Waals surface area contributed by atoms with E-state index in [1.807, 2.05) is 30.3 Å². The normalized spacial score (nSPS) is 11.3. The SMILES string of the molecule is CCOP(=O)(OCC)c1c(OC)ccc(OC)c1-c1ccccc1. The molecule has 0 heterocycles. The summed E-state index contributed by atoms with van der Waals surface area (Å²) in [4.78, 5) is 0. The van der Waals surface area contributed by atoms with Crippen LogP contribution in [0.15, 0.2) is 42.5 Å². The highest BCUT2D eigenvalue weighted by Crippen LogP contribution is 2.53. The second-order valence-corrected chi connectivity index (χ2v) is 6.85. The van der Waals surface area contributed by atoms with Crippen LogP contribution in [0.2, 0.25) is 0 Å². The second kappa shape index (κ2) is 8.34. The number of ether oxygens (including phenoxy) is 2. The van der Waals surface area contributed by atoms with Crippen LogP contribution in [0.1, 0.15) is 13.8 Å². The van der Waals surface area contributed by atoms with Gasteiger partial charge in [-0.05, 0) is 31.5 Å². The molecule has 0 N–H and O–H groups in total. The molecule has 2 rings (SSSR count). The Morgan fingerprint density at radius 3 is 1.88 bits per heavy atom. The smallest absolute Gasteiger partial charge is 0.365 e. The predicted molar refractivity (Wildman–Crippen MR) is 95.5 cm³/mol. The fourth-order valence-electron chi connectivity index (χ4n) is 2.55. The Hall–Kier alpha value is -1.81. The van der Waals surface area contributed by atoms with Crippen molar-refractivity contribution in [2.75, 3.05) is 27.4 Å². The molecular formula is C18H23O5P. The maximum absolute atomic E-state index is 13.5. The zero-order valence-corrected chi connectivity index (χ0v) is 15.3.